The van der Waals surface area contributed by atoms with Crippen molar-refractivity contribution in [1.29, 1.82) is 0 Å². The summed E-state index contributed by atoms with van der Waals surface area (Å²) in [5.74, 6) is -0.176. The van der Waals surface area contributed by atoms with Crippen LogP contribution in [0.2, 0.25) is 0 Å². The van der Waals surface area contributed by atoms with Crippen LogP contribution in [0.25, 0.3) is 0 Å². The maximum Gasteiger partial charge on any atom is 0.307 e. The third-order valence-corrected chi connectivity index (χ3v) is 2.82. The molecule has 0 spiro atoms. The number of rotatable bonds is 2. The van der Waals surface area contributed by atoms with Gasteiger partial charge in [-0.15, -0.1) is 0 Å². The van der Waals surface area contributed by atoms with Crippen LogP contribution in [0.5, 0.6) is 0 Å². The topological polar surface area (TPSA) is 52.3 Å². The molecule has 0 aromatic carbocycles. The highest BCUT2D eigenvalue weighted by molar-refractivity contribution is 5.70. The second-order valence-electron chi connectivity index (χ2n) is 4.03. The number of nitrogens with two attached hydrogens (primary N) is 1. The third kappa shape index (κ3) is 3.35. The second-order valence-corrected chi connectivity index (χ2v) is 4.03. The van der Waals surface area contributed by atoms with E-state index in [-0.39, 0.29) is 11.5 Å². The molecular weight excluding hydrogens is 166 g/mol. The summed E-state index contributed by atoms with van der Waals surface area (Å²) >= 11 is 0. The maximum atomic E-state index is 11.1. The molecule has 0 aliphatic heterocycles. The minimum Gasteiger partial charge on any atom is -0.469 e. The first-order valence-electron chi connectivity index (χ1n) is 5.02. The highest BCUT2D eigenvalue weighted by Gasteiger charge is 2.29. The average molecular weight is 185 g/mol. The summed E-state index contributed by atoms with van der Waals surface area (Å²) in [6, 6.07) is 0. The van der Waals surface area contributed by atoms with E-state index < -0.39 is 0 Å². The van der Waals surface area contributed by atoms with Crippen LogP contribution < -0.4 is 5.73 Å². The van der Waals surface area contributed by atoms with Crippen LogP contribution in [-0.2, 0) is 9.53 Å². The Hall–Kier alpha value is -0.570. The van der Waals surface area contributed by atoms with Crippen LogP contribution in [0.3, 0.4) is 0 Å². The van der Waals surface area contributed by atoms with E-state index in [1.165, 1.54) is 20.0 Å². The lowest BCUT2D eigenvalue weighted by Crippen LogP contribution is -2.41. The minimum absolute atomic E-state index is 0.176. The molecule has 1 saturated carbocycles. The van der Waals surface area contributed by atoms with Gasteiger partial charge >= 0.3 is 5.97 Å². The zero-order valence-corrected chi connectivity index (χ0v) is 8.34. The van der Waals surface area contributed by atoms with Crippen molar-refractivity contribution in [1.82, 2.24) is 0 Å². The Labute approximate surface area is 79.6 Å². The highest BCUT2D eigenvalue weighted by Crippen LogP contribution is 2.27. The molecule has 0 bridgehead atoms. The summed E-state index contributed by atoms with van der Waals surface area (Å²) in [7, 11) is 1.42. The van der Waals surface area contributed by atoms with Crippen LogP contribution in [0.15, 0.2) is 0 Å². The van der Waals surface area contributed by atoms with Gasteiger partial charge in [-0.2, -0.15) is 0 Å². The monoisotopic (exact) mass is 185 g/mol. The Balaban J connectivity index is 2.46. The van der Waals surface area contributed by atoms with Crippen LogP contribution in [0, 0.1) is 0 Å². The van der Waals surface area contributed by atoms with E-state index in [0.29, 0.717) is 6.42 Å². The number of methoxy groups -OCH3 is 1. The van der Waals surface area contributed by atoms with Crippen molar-refractivity contribution in [3.8, 4) is 0 Å². The van der Waals surface area contributed by atoms with Gasteiger partial charge in [0.15, 0.2) is 0 Å². The molecule has 13 heavy (non-hydrogen) atoms. The fraction of sp³-hybridized carbons (Fsp3) is 0.900. The molecule has 0 heterocycles. The first-order valence-corrected chi connectivity index (χ1v) is 5.02. The number of hydrogen-bond acceptors (Lipinski definition) is 3. The summed E-state index contributed by atoms with van der Waals surface area (Å²) in [5, 5.41) is 0. The molecule has 0 saturated heterocycles. The molecule has 3 nitrogen and oxygen atoms in total. The van der Waals surface area contributed by atoms with E-state index >= 15 is 0 Å². The number of esters is 1. The number of carbonyl (C=O) groups is 1. The predicted octanol–water partition coefficient (Wildman–Crippen LogP) is 1.60. The van der Waals surface area contributed by atoms with E-state index in [2.05, 4.69) is 4.74 Å². The van der Waals surface area contributed by atoms with Gasteiger partial charge in [-0.3, -0.25) is 4.79 Å². The first-order chi connectivity index (χ1) is 6.16. The molecular formula is C10H19NO2. The van der Waals surface area contributed by atoms with Gasteiger partial charge < -0.3 is 10.5 Å². The van der Waals surface area contributed by atoms with Crippen molar-refractivity contribution in [3.63, 3.8) is 0 Å². The zero-order chi connectivity index (χ0) is 9.73. The second kappa shape index (κ2) is 4.61. The number of ether oxygens (including phenoxy) is 1. The fourth-order valence-corrected chi connectivity index (χ4v) is 1.97. The Morgan fingerprint density at radius 2 is 1.85 bits per heavy atom. The highest BCUT2D eigenvalue weighted by atomic mass is 16.5. The van der Waals surface area contributed by atoms with Gasteiger partial charge in [-0.25, -0.2) is 0 Å². The summed E-state index contributed by atoms with van der Waals surface area (Å²) in [5.41, 5.74) is 5.85. The molecule has 0 atom stereocenters. The van der Waals surface area contributed by atoms with Crippen molar-refractivity contribution in [2.75, 3.05) is 7.11 Å². The summed E-state index contributed by atoms with van der Waals surface area (Å²) in [6.45, 7) is 0. The predicted molar refractivity (Wildman–Crippen MR) is 51.3 cm³/mol. The Morgan fingerprint density at radius 3 is 2.31 bits per heavy atom. The largest absolute Gasteiger partial charge is 0.469 e. The van der Waals surface area contributed by atoms with Crippen molar-refractivity contribution in [3.05, 3.63) is 0 Å². The summed E-state index contributed by atoms with van der Waals surface area (Å²) in [6.07, 6.45) is 7.09. The van der Waals surface area contributed by atoms with Gasteiger partial charge in [0.25, 0.3) is 0 Å². The zero-order valence-electron chi connectivity index (χ0n) is 8.34. The molecule has 3 heteroatoms. The standard InChI is InChI=1S/C10H19NO2/c1-13-9(12)8-10(11)6-4-2-3-5-7-10/h2-8,11H2,1H3. The first kappa shape index (κ1) is 10.5. The number of carbonyl (C=O) groups excluding carboxylic acids is 1. The molecule has 0 amide bonds. The molecule has 1 aliphatic carbocycles. The van der Waals surface area contributed by atoms with E-state index in [1.54, 1.807) is 0 Å². The lowest BCUT2D eigenvalue weighted by Gasteiger charge is -2.26. The Bertz CT molecular complexity index is 172. The molecule has 1 rings (SSSR count). The lowest BCUT2D eigenvalue weighted by atomic mass is 9.88. The van der Waals surface area contributed by atoms with Crippen LogP contribution in [0.4, 0.5) is 0 Å². The van der Waals surface area contributed by atoms with Gasteiger partial charge in [0.1, 0.15) is 0 Å². The molecule has 0 radical (unpaired) electrons. The van der Waals surface area contributed by atoms with Gasteiger partial charge in [-0.1, -0.05) is 25.7 Å². The summed E-state index contributed by atoms with van der Waals surface area (Å²) < 4.78 is 4.64. The molecule has 76 valence electrons. The third-order valence-electron chi connectivity index (χ3n) is 2.82. The van der Waals surface area contributed by atoms with Gasteiger partial charge in [0.05, 0.1) is 13.5 Å². The van der Waals surface area contributed by atoms with Crippen molar-refractivity contribution in [2.24, 2.45) is 5.73 Å². The number of hydrogen-bond donors (Lipinski definition) is 1. The van der Waals surface area contributed by atoms with E-state index in [9.17, 15) is 4.79 Å². The van der Waals surface area contributed by atoms with E-state index in [4.69, 9.17) is 5.73 Å². The van der Waals surface area contributed by atoms with Gasteiger partial charge in [-0.05, 0) is 12.8 Å². The summed E-state index contributed by atoms with van der Waals surface area (Å²) in [4.78, 5) is 11.1. The smallest absolute Gasteiger partial charge is 0.307 e. The van der Waals surface area contributed by atoms with E-state index in [0.717, 1.165) is 25.7 Å². The molecule has 1 fully saturated rings. The molecule has 2 N–H and O–H groups in total. The normalized spacial score (nSPS) is 22.0. The van der Waals surface area contributed by atoms with Gasteiger partial charge in [0.2, 0.25) is 0 Å². The molecule has 0 aromatic rings. The van der Waals surface area contributed by atoms with Crippen molar-refractivity contribution in [2.45, 2.75) is 50.5 Å². The van der Waals surface area contributed by atoms with Crippen LogP contribution in [-0.4, -0.2) is 18.6 Å². The maximum absolute atomic E-state index is 11.1. The Morgan fingerprint density at radius 1 is 1.31 bits per heavy atom. The van der Waals surface area contributed by atoms with E-state index in [1.807, 2.05) is 0 Å². The van der Waals surface area contributed by atoms with Gasteiger partial charge in [0, 0.05) is 5.54 Å². The molecule has 1 aliphatic rings. The minimum atomic E-state index is -0.288. The fourth-order valence-electron chi connectivity index (χ4n) is 1.97. The van der Waals surface area contributed by atoms with Crippen molar-refractivity contribution >= 4 is 5.97 Å². The Kier molecular flexibility index (Phi) is 3.72. The van der Waals surface area contributed by atoms with Crippen molar-refractivity contribution < 1.29 is 9.53 Å². The molecule has 0 unspecified atom stereocenters. The van der Waals surface area contributed by atoms with Crippen LogP contribution >= 0.6 is 0 Å². The van der Waals surface area contributed by atoms with Crippen LogP contribution in [0.1, 0.15) is 44.9 Å². The lowest BCUT2D eigenvalue weighted by molar-refractivity contribution is -0.142. The quantitative estimate of drug-likeness (QED) is 0.525. The molecule has 0 aromatic heterocycles. The SMILES string of the molecule is COC(=O)CC1(N)CCCCCC1. The average Bonchev–Trinajstić information content (AvgIpc) is 2.30.